The zero-order chi connectivity index (χ0) is 29.1. The fraction of sp³-hybridized carbons (Fsp3) is 0.556. The summed E-state index contributed by atoms with van der Waals surface area (Å²) in [5, 5.41) is 9.96. The van der Waals surface area contributed by atoms with Crippen molar-refractivity contribution in [1.82, 2.24) is 15.1 Å². The van der Waals surface area contributed by atoms with Gasteiger partial charge in [0, 0.05) is 6.54 Å². The number of hydrogen-bond donors (Lipinski definition) is 4. The molecule has 18 nitrogen and oxygen atoms in total. The zero-order valence-corrected chi connectivity index (χ0v) is 23.9. The molecule has 0 aliphatic carbocycles. The van der Waals surface area contributed by atoms with Crippen LogP contribution in [0.3, 0.4) is 0 Å². The third-order valence-corrected chi connectivity index (χ3v) is 9.62. The highest BCUT2D eigenvalue weighted by Gasteiger charge is 2.54. The molecule has 41 heavy (non-hydrogen) atoms. The molecular formula is C18H20FN9O9P2S2. The van der Waals surface area contributed by atoms with Crippen molar-refractivity contribution < 1.29 is 46.3 Å². The first kappa shape index (κ1) is 28.8. The molecule has 0 saturated carbocycles. The summed E-state index contributed by atoms with van der Waals surface area (Å²) in [5.41, 5.74) is 0. The van der Waals surface area contributed by atoms with E-state index >= 15 is 4.39 Å². The molecule has 0 spiro atoms. The van der Waals surface area contributed by atoms with E-state index < -0.39 is 81.2 Å². The van der Waals surface area contributed by atoms with E-state index in [1.54, 1.807) is 0 Å². The average Bonchev–Trinajstić information content (AvgIpc) is 3.56. The number of rotatable bonds is 1. The standard InChI is InChI=1S/C18H20FN9O9P2S2/c19-9-7-3-34-38(31,40)33-2-1-27-8(24-11-13(27)21-5-22-15(11)29)4-35-39(32,41)37-12(9)17(36-7)28-6-23-10-14(28)25-18(20)26-16(10)30/h5-7,9-12,17H,1-4H2,(H,31,40)(H,32,41)(H2,20,26,30)/t7-,9+,10?,11?,12-,17+,38?,39?/m1/s1. The van der Waals surface area contributed by atoms with Crippen molar-refractivity contribution in [2.75, 3.05) is 26.4 Å². The van der Waals surface area contributed by atoms with Crippen LogP contribution in [0.1, 0.15) is 0 Å². The van der Waals surface area contributed by atoms with Crippen molar-refractivity contribution in [1.29, 1.82) is 5.41 Å². The number of ether oxygens (including phenoxy) is 1. The van der Waals surface area contributed by atoms with Crippen molar-refractivity contribution in [3.05, 3.63) is 0 Å². The number of hydrogen-bond acceptors (Lipinski definition) is 15. The van der Waals surface area contributed by atoms with Crippen LogP contribution in [0.15, 0.2) is 25.0 Å². The van der Waals surface area contributed by atoms with Crippen LogP contribution in [0.25, 0.3) is 0 Å². The number of nitrogens with zero attached hydrogens (tertiary/aromatic N) is 7. The van der Waals surface area contributed by atoms with Gasteiger partial charge in [-0.1, -0.05) is 12.2 Å². The lowest BCUT2D eigenvalue weighted by molar-refractivity contribution is -0.120. The summed E-state index contributed by atoms with van der Waals surface area (Å²) in [6, 6.07) is -2.22. The van der Waals surface area contributed by atoms with Crippen molar-refractivity contribution in [2.24, 2.45) is 25.0 Å². The first-order valence-electron chi connectivity index (χ1n) is 11.8. The minimum atomic E-state index is -4.38. The third-order valence-electron chi connectivity index (χ3n) is 6.41. The van der Waals surface area contributed by atoms with Gasteiger partial charge >= 0.3 is 13.5 Å². The number of amidine groups is 3. The van der Waals surface area contributed by atoms with E-state index in [9.17, 15) is 19.0 Å². The Balaban J connectivity index is 1.30. The fourth-order valence-electron chi connectivity index (χ4n) is 4.61. The molecule has 0 aromatic heterocycles. The molecule has 2 fully saturated rings. The van der Waals surface area contributed by atoms with Crippen LogP contribution in [0.2, 0.25) is 0 Å². The Labute approximate surface area is 240 Å². The van der Waals surface area contributed by atoms with E-state index in [0.29, 0.717) is 0 Å². The van der Waals surface area contributed by atoms with Gasteiger partial charge in [0.25, 0.3) is 11.8 Å². The molecule has 0 aromatic rings. The average molecular weight is 651 g/mol. The molecule has 2 bridgehead atoms. The normalized spacial score (nSPS) is 41.0. The van der Waals surface area contributed by atoms with Gasteiger partial charge in [0.15, 0.2) is 30.3 Å². The lowest BCUT2D eigenvalue weighted by Gasteiger charge is -2.31. The Morgan fingerprint density at radius 2 is 2.05 bits per heavy atom. The van der Waals surface area contributed by atoms with Crippen molar-refractivity contribution in [3.63, 3.8) is 0 Å². The molecule has 2 saturated heterocycles. The number of carbonyl (C=O) groups is 2. The topological polar surface area (TPSA) is 222 Å². The molecule has 0 radical (unpaired) electrons. The second-order valence-corrected chi connectivity index (χ2v) is 14.7. The van der Waals surface area contributed by atoms with Crippen LogP contribution in [-0.4, -0.2) is 126 Å². The Bertz CT molecular complexity index is 1460. The van der Waals surface area contributed by atoms with Crippen LogP contribution in [0.5, 0.6) is 0 Å². The van der Waals surface area contributed by atoms with E-state index in [-0.39, 0.29) is 30.7 Å². The second-order valence-electron chi connectivity index (χ2n) is 8.97. The maximum Gasteiger partial charge on any atom is 0.387 e. The SMILES string of the molecule is N=C1N=C2C(N=CN2[C@H]2O[C@@H]3COP(O)(=S)OCCN4C(=NC5C(=O)N=CN=C54)COP(=O)(S)O[C@@H]2[C@H]3F)C(=O)N1. The predicted octanol–water partition coefficient (Wildman–Crippen LogP) is -1.02. The second kappa shape index (κ2) is 10.7. The molecule has 0 aromatic carbocycles. The Hall–Kier alpha value is -2.32. The number of fused-ring (bicyclic) bond motifs is 6. The molecule has 2 amide bonds. The molecule has 6 aliphatic rings. The van der Waals surface area contributed by atoms with Crippen molar-refractivity contribution >= 4 is 85.5 Å². The first-order valence-corrected chi connectivity index (χ1v) is 17.1. The van der Waals surface area contributed by atoms with E-state index in [1.807, 2.05) is 0 Å². The monoisotopic (exact) mass is 651 g/mol. The summed E-state index contributed by atoms with van der Waals surface area (Å²) >= 11 is 9.06. The van der Waals surface area contributed by atoms with Crippen LogP contribution in [0, 0.1) is 5.41 Å². The van der Waals surface area contributed by atoms with Crippen molar-refractivity contribution in [3.8, 4) is 0 Å². The van der Waals surface area contributed by atoms with E-state index in [2.05, 4.69) is 42.5 Å². The summed E-state index contributed by atoms with van der Waals surface area (Å²) in [6.07, 6.45) is -4.41. The highest BCUT2D eigenvalue weighted by atomic mass is 32.7. The van der Waals surface area contributed by atoms with Crippen LogP contribution in [-0.2, 0) is 48.8 Å². The number of halogens is 1. The number of amides is 2. The van der Waals surface area contributed by atoms with Gasteiger partial charge < -0.3 is 23.6 Å². The van der Waals surface area contributed by atoms with Gasteiger partial charge in [-0.25, -0.2) is 18.9 Å². The highest BCUT2D eigenvalue weighted by molar-refractivity contribution is 8.44. The number of alkyl halides is 1. The number of thiol groups is 1. The first-order chi connectivity index (χ1) is 19.4. The molecule has 23 heteroatoms. The van der Waals surface area contributed by atoms with Crippen molar-refractivity contribution in [2.45, 2.75) is 36.7 Å². The molecule has 6 aliphatic heterocycles. The highest BCUT2D eigenvalue weighted by Crippen LogP contribution is 2.56. The van der Waals surface area contributed by atoms with E-state index in [0.717, 1.165) is 17.6 Å². The fourth-order valence-corrected chi connectivity index (χ4v) is 7.11. The zero-order valence-electron chi connectivity index (χ0n) is 20.4. The summed E-state index contributed by atoms with van der Waals surface area (Å²) < 4.78 is 56.6. The number of guanidine groups is 1. The minimum absolute atomic E-state index is 0.0186. The molecule has 6 rings (SSSR count). The Morgan fingerprint density at radius 3 is 2.85 bits per heavy atom. The largest absolute Gasteiger partial charge is 0.387 e. The van der Waals surface area contributed by atoms with Gasteiger partial charge in [-0.15, -0.1) is 0 Å². The van der Waals surface area contributed by atoms with Crippen LogP contribution in [0.4, 0.5) is 4.39 Å². The molecule has 6 heterocycles. The number of carbonyl (C=O) groups excluding carboxylic acids is 2. The molecule has 220 valence electrons. The van der Waals surface area contributed by atoms with Crippen LogP contribution >= 0.6 is 25.8 Å². The van der Waals surface area contributed by atoms with E-state index in [1.165, 1.54) is 4.90 Å². The van der Waals surface area contributed by atoms with Crippen LogP contribution < -0.4 is 5.32 Å². The summed E-state index contributed by atoms with van der Waals surface area (Å²) in [5.74, 6) is -1.49. The van der Waals surface area contributed by atoms with Gasteiger partial charge in [0.2, 0.25) is 5.96 Å². The maximum atomic E-state index is 15.8. The smallest absolute Gasteiger partial charge is 0.346 e. The summed E-state index contributed by atoms with van der Waals surface area (Å²) in [6.45, 7) is -9.67. The van der Waals surface area contributed by atoms with Gasteiger partial charge in [0.1, 0.15) is 36.8 Å². The van der Waals surface area contributed by atoms with Gasteiger partial charge in [-0.3, -0.25) is 39.3 Å². The molecular weight excluding hydrogens is 631 g/mol. The third kappa shape index (κ3) is 5.58. The Morgan fingerprint density at radius 1 is 1.24 bits per heavy atom. The number of nitrogens with one attached hydrogen (secondary N) is 2. The molecule has 4 unspecified atom stereocenters. The predicted molar refractivity (Wildman–Crippen MR) is 146 cm³/mol. The number of aliphatic imine (C=N–C) groups is 5. The van der Waals surface area contributed by atoms with Gasteiger partial charge in [-0.2, -0.15) is 9.98 Å². The molecule has 8 atom stereocenters. The lowest BCUT2D eigenvalue weighted by atomic mass is 10.1. The van der Waals surface area contributed by atoms with Gasteiger partial charge in [0.05, 0.1) is 19.6 Å². The maximum absolute atomic E-state index is 15.8. The molecule has 3 N–H and O–H groups in total. The minimum Gasteiger partial charge on any atom is -0.346 e. The van der Waals surface area contributed by atoms with Gasteiger partial charge in [-0.05, 0) is 11.8 Å². The van der Waals surface area contributed by atoms with E-state index in [4.69, 9.17) is 40.0 Å². The lowest BCUT2D eigenvalue weighted by Crippen LogP contribution is -2.53. The Kier molecular flexibility index (Phi) is 7.55. The summed E-state index contributed by atoms with van der Waals surface area (Å²) in [7, 11) is 0. The quantitative estimate of drug-likeness (QED) is 0.198. The summed E-state index contributed by atoms with van der Waals surface area (Å²) in [4.78, 5) is 57.6.